The summed E-state index contributed by atoms with van der Waals surface area (Å²) in [7, 11) is 0. The van der Waals surface area contributed by atoms with Crippen LogP contribution >= 0.6 is 27.5 Å². The Balaban J connectivity index is 2.33. The predicted octanol–water partition coefficient (Wildman–Crippen LogP) is 4.66. The van der Waals surface area contributed by atoms with E-state index in [2.05, 4.69) is 40.2 Å². The molecule has 0 N–H and O–H groups in total. The Morgan fingerprint density at radius 1 is 1.29 bits per heavy atom. The molecule has 0 aromatic heterocycles. The van der Waals surface area contributed by atoms with Crippen molar-refractivity contribution in [3.05, 3.63) is 34.3 Å². The summed E-state index contributed by atoms with van der Waals surface area (Å²) in [6.45, 7) is 3.68. The van der Waals surface area contributed by atoms with Gasteiger partial charge in [0.2, 0.25) is 0 Å². The van der Waals surface area contributed by atoms with Gasteiger partial charge >= 0.3 is 0 Å². The molecule has 3 heteroatoms. The molecule has 1 aromatic carbocycles. The lowest BCUT2D eigenvalue weighted by molar-refractivity contribution is 0.140. The van der Waals surface area contributed by atoms with Gasteiger partial charge < -0.3 is 4.74 Å². The van der Waals surface area contributed by atoms with Gasteiger partial charge in [0.1, 0.15) is 0 Å². The number of halogens is 2. The van der Waals surface area contributed by atoms with Gasteiger partial charge in [-0.3, -0.25) is 0 Å². The lowest BCUT2D eigenvalue weighted by Crippen LogP contribution is -2.08. The summed E-state index contributed by atoms with van der Waals surface area (Å²) in [6.07, 6.45) is 3.30. The van der Waals surface area contributed by atoms with E-state index in [1.165, 1.54) is 5.56 Å². The monoisotopic (exact) mass is 318 g/mol. The number of rotatable bonds is 8. The second-order valence-corrected chi connectivity index (χ2v) is 5.41. The van der Waals surface area contributed by atoms with Gasteiger partial charge in [0.25, 0.3) is 0 Å². The van der Waals surface area contributed by atoms with E-state index >= 15 is 0 Å². The van der Waals surface area contributed by atoms with Gasteiger partial charge in [-0.25, -0.2) is 0 Å². The minimum Gasteiger partial charge on any atom is -0.382 e. The Hall–Kier alpha value is -0.0500. The predicted molar refractivity (Wildman–Crippen MR) is 77.8 cm³/mol. The summed E-state index contributed by atoms with van der Waals surface area (Å²) in [4.78, 5) is 0. The molecule has 0 heterocycles. The van der Waals surface area contributed by atoms with E-state index in [-0.39, 0.29) is 0 Å². The molecule has 0 fully saturated rings. The highest BCUT2D eigenvalue weighted by atomic mass is 79.9. The second-order valence-electron chi connectivity index (χ2n) is 4.19. The highest BCUT2D eigenvalue weighted by Crippen LogP contribution is 2.18. The molecule has 96 valence electrons. The second kappa shape index (κ2) is 8.96. The molecule has 1 atom stereocenters. The van der Waals surface area contributed by atoms with Crippen molar-refractivity contribution in [2.45, 2.75) is 26.2 Å². The molecule has 1 aromatic rings. The quantitative estimate of drug-likeness (QED) is 0.500. The third kappa shape index (κ3) is 6.44. The lowest BCUT2D eigenvalue weighted by Gasteiger charge is -2.13. The molecule has 0 spiro atoms. The fourth-order valence-electron chi connectivity index (χ4n) is 1.81. The Labute approximate surface area is 118 Å². The molecule has 1 rings (SSSR count). The van der Waals surface area contributed by atoms with Crippen molar-refractivity contribution in [1.29, 1.82) is 0 Å². The summed E-state index contributed by atoms with van der Waals surface area (Å²) >= 11 is 9.46. The Kier molecular flexibility index (Phi) is 7.91. The van der Waals surface area contributed by atoms with Gasteiger partial charge in [-0.2, -0.15) is 0 Å². The zero-order valence-corrected chi connectivity index (χ0v) is 12.6. The van der Waals surface area contributed by atoms with Crippen molar-refractivity contribution >= 4 is 27.5 Å². The van der Waals surface area contributed by atoms with Gasteiger partial charge in [-0.1, -0.05) is 28.1 Å². The molecule has 0 bridgehead atoms. The van der Waals surface area contributed by atoms with Crippen molar-refractivity contribution in [3.8, 4) is 0 Å². The number of ether oxygens (including phenoxy) is 1. The van der Waals surface area contributed by atoms with Crippen LogP contribution in [-0.4, -0.2) is 19.1 Å². The van der Waals surface area contributed by atoms with E-state index < -0.39 is 0 Å². The first-order chi connectivity index (χ1) is 8.26. The molecule has 17 heavy (non-hydrogen) atoms. The first-order valence-electron chi connectivity index (χ1n) is 6.14. The smallest absolute Gasteiger partial charge is 0.0466 e. The Bertz CT molecular complexity index is 300. The molecule has 0 amide bonds. The van der Waals surface area contributed by atoms with E-state index in [4.69, 9.17) is 16.3 Å². The van der Waals surface area contributed by atoms with Crippen LogP contribution in [0, 0.1) is 5.92 Å². The average molecular weight is 320 g/mol. The molecule has 0 saturated heterocycles. The normalized spacial score (nSPS) is 12.6. The molecule has 0 aliphatic carbocycles. The summed E-state index contributed by atoms with van der Waals surface area (Å²) in [5.41, 5.74) is 1.36. The maximum absolute atomic E-state index is 6.01. The third-order valence-corrected chi connectivity index (χ3v) is 3.73. The minimum atomic E-state index is 0.554. The highest BCUT2D eigenvalue weighted by Gasteiger charge is 2.08. The number of benzene rings is 1. The number of hydrogen-bond donors (Lipinski definition) is 0. The highest BCUT2D eigenvalue weighted by molar-refractivity contribution is 9.10. The topological polar surface area (TPSA) is 9.23 Å². The van der Waals surface area contributed by atoms with Crippen LogP contribution in [0.15, 0.2) is 28.7 Å². The minimum absolute atomic E-state index is 0.554. The van der Waals surface area contributed by atoms with Crippen LogP contribution in [-0.2, 0) is 11.2 Å². The van der Waals surface area contributed by atoms with Crippen LogP contribution < -0.4 is 0 Å². The van der Waals surface area contributed by atoms with Gasteiger partial charge in [0.05, 0.1) is 0 Å². The van der Waals surface area contributed by atoms with E-state index in [0.29, 0.717) is 5.92 Å². The first kappa shape index (κ1) is 15.0. The zero-order valence-electron chi connectivity index (χ0n) is 10.3. The first-order valence-corrected chi connectivity index (χ1v) is 7.47. The van der Waals surface area contributed by atoms with E-state index in [1.807, 2.05) is 6.92 Å². The van der Waals surface area contributed by atoms with Crippen LogP contribution in [0.3, 0.4) is 0 Å². The molecule has 0 aliphatic heterocycles. The molecular weight excluding hydrogens is 300 g/mol. The van der Waals surface area contributed by atoms with Gasteiger partial charge in [0.15, 0.2) is 0 Å². The standard InChI is InChI=1S/C14H20BrClO/c1-2-17-9-3-4-13(11-16)10-12-5-7-14(15)8-6-12/h5-8,13H,2-4,9-11H2,1H3. The SMILES string of the molecule is CCOCCCC(CCl)Cc1ccc(Br)cc1. The summed E-state index contributed by atoms with van der Waals surface area (Å²) in [5, 5.41) is 0. The average Bonchev–Trinajstić information content (AvgIpc) is 2.35. The van der Waals surface area contributed by atoms with Gasteiger partial charge in [-0.15, -0.1) is 11.6 Å². The van der Waals surface area contributed by atoms with Crippen molar-refractivity contribution in [2.75, 3.05) is 19.1 Å². The fraction of sp³-hybridized carbons (Fsp3) is 0.571. The van der Waals surface area contributed by atoms with Crippen molar-refractivity contribution in [1.82, 2.24) is 0 Å². The van der Waals surface area contributed by atoms with Crippen LogP contribution in [0.4, 0.5) is 0 Å². The molecule has 0 saturated carbocycles. The van der Waals surface area contributed by atoms with Gasteiger partial charge in [0, 0.05) is 23.6 Å². The number of alkyl halides is 1. The van der Waals surface area contributed by atoms with Crippen LogP contribution in [0.1, 0.15) is 25.3 Å². The van der Waals surface area contributed by atoms with Crippen LogP contribution in [0.5, 0.6) is 0 Å². The summed E-state index contributed by atoms with van der Waals surface area (Å²) < 4.78 is 6.47. The molecule has 1 unspecified atom stereocenters. The Morgan fingerprint density at radius 2 is 2.00 bits per heavy atom. The molecule has 0 radical (unpaired) electrons. The van der Waals surface area contributed by atoms with Crippen LogP contribution in [0.25, 0.3) is 0 Å². The van der Waals surface area contributed by atoms with Crippen molar-refractivity contribution in [2.24, 2.45) is 5.92 Å². The van der Waals surface area contributed by atoms with Crippen molar-refractivity contribution in [3.63, 3.8) is 0 Å². The van der Waals surface area contributed by atoms with E-state index in [0.717, 1.165) is 42.8 Å². The van der Waals surface area contributed by atoms with E-state index in [1.54, 1.807) is 0 Å². The van der Waals surface area contributed by atoms with E-state index in [9.17, 15) is 0 Å². The number of hydrogen-bond acceptors (Lipinski definition) is 1. The lowest BCUT2D eigenvalue weighted by atomic mass is 9.97. The van der Waals surface area contributed by atoms with Crippen molar-refractivity contribution < 1.29 is 4.74 Å². The van der Waals surface area contributed by atoms with Gasteiger partial charge in [-0.05, 0) is 49.8 Å². The molecular formula is C14H20BrClO. The fourth-order valence-corrected chi connectivity index (χ4v) is 2.33. The summed E-state index contributed by atoms with van der Waals surface area (Å²) in [5.74, 6) is 1.28. The Morgan fingerprint density at radius 3 is 2.59 bits per heavy atom. The third-order valence-electron chi connectivity index (χ3n) is 2.76. The maximum Gasteiger partial charge on any atom is 0.0466 e. The zero-order chi connectivity index (χ0) is 12.5. The van der Waals surface area contributed by atoms with Crippen LogP contribution in [0.2, 0.25) is 0 Å². The molecule has 1 nitrogen and oxygen atoms in total. The maximum atomic E-state index is 6.01. The molecule has 0 aliphatic rings. The largest absolute Gasteiger partial charge is 0.382 e. The summed E-state index contributed by atoms with van der Waals surface area (Å²) in [6, 6.07) is 8.49.